The number of nitrogens with one attached hydrogen (secondary N) is 1. The van der Waals surface area contributed by atoms with Gasteiger partial charge < -0.3 is 14.8 Å². The van der Waals surface area contributed by atoms with E-state index < -0.39 is 0 Å². The van der Waals surface area contributed by atoms with Crippen LogP contribution in [0.3, 0.4) is 0 Å². The third kappa shape index (κ3) is 2.49. The van der Waals surface area contributed by atoms with Crippen LogP contribution in [0.15, 0.2) is 6.20 Å². The summed E-state index contributed by atoms with van der Waals surface area (Å²) in [6.07, 6.45) is 2.48. The second-order valence-electron chi connectivity index (χ2n) is 3.26. The Hall–Kier alpha value is -1.07. The molecule has 1 aliphatic rings. The van der Waals surface area contributed by atoms with Crippen molar-refractivity contribution in [1.82, 2.24) is 9.97 Å². The molecule has 5 nitrogen and oxygen atoms in total. The molecule has 15 heavy (non-hydrogen) atoms. The van der Waals surface area contributed by atoms with Crippen LogP contribution in [0.25, 0.3) is 0 Å². The summed E-state index contributed by atoms with van der Waals surface area (Å²) in [5.41, 5.74) is 0. The van der Waals surface area contributed by atoms with Crippen LogP contribution >= 0.6 is 11.6 Å². The molecule has 0 amide bonds. The molecule has 0 saturated carbocycles. The van der Waals surface area contributed by atoms with Gasteiger partial charge in [-0.1, -0.05) is 11.6 Å². The lowest BCUT2D eigenvalue weighted by atomic mass is 10.2. The van der Waals surface area contributed by atoms with Gasteiger partial charge in [0.2, 0.25) is 0 Å². The molecule has 0 spiro atoms. The van der Waals surface area contributed by atoms with E-state index in [4.69, 9.17) is 21.1 Å². The minimum Gasteiger partial charge on any atom is -0.467 e. The monoisotopic (exact) mass is 229 g/mol. The largest absolute Gasteiger partial charge is 0.467 e. The predicted molar refractivity (Wildman–Crippen MR) is 56.4 cm³/mol. The summed E-state index contributed by atoms with van der Waals surface area (Å²) < 4.78 is 10.2. The standard InChI is InChI=1S/C9H12ClN3O2/c1-14-9-11-4-7(10)8(13-9)12-6-2-3-15-5-6/h4,6H,2-3,5H2,1H3,(H,11,12,13). The Morgan fingerprint density at radius 1 is 1.67 bits per heavy atom. The first-order chi connectivity index (χ1) is 7.29. The molecular formula is C9H12ClN3O2. The van der Waals surface area contributed by atoms with Gasteiger partial charge in [-0.3, -0.25) is 0 Å². The summed E-state index contributed by atoms with van der Waals surface area (Å²) >= 11 is 5.95. The van der Waals surface area contributed by atoms with E-state index in [0.29, 0.717) is 23.5 Å². The van der Waals surface area contributed by atoms with Gasteiger partial charge in [0.05, 0.1) is 26.0 Å². The molecule has 1 saturated heterocycles. The van der Waals surface area contributed by atoms with Crippen molar-refractivity contribution in [2.45, 2.75) is 12.5 Å². The molecule has 1 N–H and O–H groups in total. The third-order valence-corrected chi connectivity index (χ3v) is 2.45. The van der Waals surface area contributed by atoms with Gasteiger partial charge >= 0.3 is 6.01 Å². The summed E-state index contributed by atoms with van der Waals surface area (Å²) in [4.78, 5) is 8.02. The summed E-state index contributed by atoms with van der Waals surface area (Å²) in [6.45, 7) is 1.46. The Bertz CT molecular complexity index is 342. The van der Waals surface area contributed by atoms with E-state index in [-0.39, 0.29) is 6.04 Å². The van der Waals surface area contributed by atoms with Crippen molar-refractivity contribution in [2.75, 3.05) is 25.6 Å². The van der Waals surface area contributed by atoms with Crippen LogP contribution in [-0.4, -0.2) is 36.3 Å². The highest BCUT2D eigenvalue weighted by Gasteiger charge is 2.17. The number of anilines is 1. The molecule has 1 aliphatic heterocycles. The zero-order valence-corrected chi connectivity index (χ0v) is 9.12. The van der Waals surface area contributed by atoms with Crippen molar-refractivity contribution in [1.29, 1.82) is 0 Å². The second-order valence-corrected chi connectivity index (χ2v) is 3.67. The van der Waals surface area contributed by atoms with Crippen LogP contribution in [-0.2, 0) is 4.74 Å². The second kappa shape index (κ2) is 4.63. The quantitative estimate of drug-likeness (QED) is 0.848. The average molecular weight is 230 g/mol. The summed E-state index contributed by atoms with van der Waals surface area (Å²) in [6, 6.07) is 0.572. The smallest absolute Gasteiger partial charge is 0.318 e. The number of hydrogen-bond donors (Lipinski definition) is 1. The molecule has 0 aliphatic carbocycles. The number of nitrogens with zero attached hydrogens (tertiary/aromatic N) is 2. The summed E-state index contributed by atoms with van der Waals surface area (Å²) in [5.74, 6) is 0.596. The van der Waals surface area contributed by atoms with Gasteiger partial charge in [0.1, 0.15) is 5.02 Å². The molecule has 82 valence electrons. The number of aromatic nitrogens is 2. The Labute approximate surface area is 92.8 Å². The first-order valence-corrected chi connectivity index (χ1v) is 5.08. The lowest BCUT2D eigenvalue weighted by Crippen LogP contribution is -2.20. The van der Waals surface area contributed by atoms with E-state index in [2.05, 4.69) is 15.3 Å². The van der Waals surface area contributed by atoms with Gasteiger partial charge in [-0.05, 0) is 6.42 Å². The van der Waals surface area contributed by atoms with Crippen LogP contribution in [0.5, 0.6) is 6.01 Å². The van der Waals surface area contributed by atoms with E-state index in [1.165, 1.54) is 13.3 Å². The van der Waals surface area contributed by atoms with Crippen molar-refractivity contribution in [3.05, 3.63) is 11.2 Å². The topological polar surface area (TPSA) is 56.3 Å². The van der Waals surface area contributed by atoms with Gasteiger partial charge in [-0.25, -0.2) is 4.98 Å². The lowest BCUT2D eigenvalue weighted by Gasteiger charge is -2.12. The Morgan fingerprint density at radius 3 is 3.20 bits per heavy atom. The van der Waals surface area contributed by atoms with E-state index >= 15 is 0 Å². The predicted octanol–water partition coefficient (Wildman–Crippen LogP) is 1.34. The number of halogens is 1. The van der Waals surface area contributed by atoms with Crippen molar-refractivity contribution in [3.63, 3.8) is 0 Å². The fourth-order valence-corrected chi connectivity index (χ4v) is 1.54. The van der Waals surface area contributed by atoms with E-state index in [1.807, 2.05) is 0 Å². The zero-order chi connectivity index (χ0) is 10.7. The van der Waals surface area contributed by atoms with Crippen molar-refractivity contribution < 1.29 is 9.47 Å². The van der Waals surface area contributed by atoms with Crippen LogP contribution < -0.4 is 10.1 Å². The van der Waals surface area contributed by atoms with Crippen molar-refractivity contribution in [2.24, 2.45) is 0 Å². The highest BCUT2D eigenvalue weighted by atomic mass is 35.5. The molecule has 1 unspecified atom stereocenters. The summed E-state index contributed by atoms with van der Waals surface area (Å²) in [7, 11) is 1.52. The third-order valence-electron chi connectivity index (χ3n) is 2.18. The van der Waals surface area contributed by atoms with Crippen molar-refractivity contribution >= 4 is 17.4 Å². The lowest BCUT2D eigenvalue weighted by molar-refractivity contribution is 0.195. The summed E-state index contributed by atoms with van der Waals surface area (Å²) in [5, 5.41) is 3.68. The number of hydrogen-bond acceptors (Lipinski definition) is 5. The van der Waals surface area contributed by atoms with E-state index in [0.717, 1.165) is 13.0 Å². The minimum absolute atomic E-state index is 0.266. The molecule has 6 heteroatoms. The van der Waals surface area contributed by atoms with Gasteiger partial charge in [-0.2, -0.15) is 4.98 Å². The maximum absolute atomic E-state index is 5.95. The van der Waals surface area contributed by atoms with Crippen LogP contribution in [0, 0.1) is 0 Å². The maximum atomic E-state index is 5.95. The minimum atomic E-state index is 0.266. The number of rotatable bonds is 3. The maximum Gasteiger partial charge on any atom is 0.318 e. The molecule has 1 fully saturated rings. The van der Waals surface area contributed by atoms with Gasteiger partial charge in [0.25, 0.3) is 0 Å². The normalized spacial score (nSPS) is 20.3. The number of methoxy groups -OCH3 is 1. The SMILES string of the molecule is COc1ncc(Cl)c(NC2CCOC2)n1. The fourth-order valence-electron chi connectivity index (χ4n) is 1.39. The molecule has 0 bridgehead atoms. The Balaban J connectivity index is 2.11. The Morgan fingerprint density at radius 2 is 2.53 bits per heavy atom. The van der Waals surface area contributed by atoms with Crippen LogP contribution in [0.4, 0.5) is 5.82 Å². The van der Waals surface area contributed by atoms with Gasteiger partial charge in [0.15, 0.2) is 5.82 Å². The average Bonchev–Trinajstić information content (AvgIpc) is 2.74. The Kier molecular flexibility index (Phi) is 3.23. The van der Waals surface area contributed by atoms with Gasteiger partial charge in [0, 0.05) is 6.61 Å². The van der Waals surface area contributed by atoms with Crippen molar-refractivity contribution in [3.8, 4) is 6.01 Å². The van der Waals surface area contributed by atoms with Crippen LogP contribution in [0.1, 0.15) is 6.42 Å². The van der Waals surface area contributed by atoms with Crippen LogP contribution in [0.2, 0.25) is 5.02 Å². The van der Waals surface area contributed by atoms with Gasteiger partial charge in [-0.15, -0.1) is 0 Å². The van der Waals surface area contributed by atoms with E-state index in [1.54, 1.807) is 0 Å². The van der Waals surface area contributed by atoms with E-state index in [9.17, 15) is 0 Å². The highest BCUT2D eigenvalue weighted by molar-refractivity contribution is 6.32. The number of ether oxygens (including phenoxy) is 2. The molecule has 0 radical (unpaired) electrons. The first-order valence-electron chi connectivity index (χ1n) is 4.70. The molecule has 2 heterocycles. The molecule has 0 aromatic carbocycles. The fraction of sp³-hybridized carbons (Fsp3) is 0.556. The first kappa shape index (κ1) is 10.4. The molecule has 1 aromatic heterocycles. The molecule has 2 rings (SSSR count). The highest BCUT2D eigenvalue weighted by Crippen LogP contribution is 2.22. The zero-order valence-electron chi connectivity index (χ0n) is 8.36. The molecule has 1 atom stereocenters. The molecule has 1 aromatic rings. The molecular weight excluding hydrogens is 218 g/mol.